The number of aliphatic imine (C=N–C) groups is 1. The van der Waals surface area contributed by atoms with Crippen molar-refractivity contribution in [3.05, 3.63) is 29.8 Å². The van der Waals surface area contributed by atoms with Gasteiger partial charge in [-0.25, -0.2) is 0 Å². The van der Waals surface area contributed by atoms with E-state index in [0.29, 0.717) is 12.5 Å². The van der Waals surface area contributed by atoms with Gasteiger partial charge in [0.05, 0.1) is 19.6 Å². The largest absolute Gasteiger partial charge is 0.497 e. The maximum absolute atomic E-state index is 11.9. The normalized spacial score (nSPS) is 16.6. The van der Waals surface area contributed by atoms with Gasteiger partial charge in [0.1, 0.15) is 5.75 Å². The quantitative estimate of drug-likeness (QED) is 0.419. The number of rotatable bonds is 8. The number of esters is 1. The number of guanidine groups is 1. The molecule has 0 aromatic heterocycles. The van der Waals surface area contributed by atoms with Crippen LogP contribution in [0.1, 0.15) is 51.5 Å². The van der Waals surface area contributed by atoms with E-state index in [9.17, 15) is 4.79 Å². The lowest BCUT2D eigenvalue weighted by molar-refractivity contribution is -0.149. The van der Waals surface area contributed by atoms with Crippen LogP contribution in [-0.2, 0) is 9.53 Å². The molecule has 1 aliphatic rings. The summed E-state index contributed by atoms with van der Waals surface area (Å²) in [6.07, 6.45) is 2.64. The maximum atomic E-state index is 11.9. The summed E-state index contributed by atoms with van der Waals surface area (Å²) in [5.41, 5.74) is 1.30. The highest BCUT2D eigenvalue weighted by Gasteiger charge is 2.27. The van der Waals surface area contributed by atoms with Gasteiger partial charge in [0.15, 0.2) is 5.96 Å². The number of benzene rings is 1. The molecule has 1 aliphatic heterocycles. The zero-order valence-electron chi connectivity index (χ0n) is 17.7. The molecule has 6 heteroatoms. The van der Waals surface area contributed by atoms with E-state index in [2.05, 4.69) is 36.2 Å². The summed E-state index contributed by atoms with van der Waals surface area (Å²) < 4.78 is 10.4. The molecular weight excluding hydrogens is 354 g/mol. The van der Waals surface area contributed by atoms with Crippen molar-refractivity contribution in [2.45, 2.75) is 46.0 Å². The lowest BCUT2D eigenvalue weighted by Gasteiger charge is -2.33. The van der Waals surface area contributed by atoms with E-state index >= 15 is 0 Å². The molecule has 1 fully saturated rings. The van der Waals surface area contributed by atoms with Crippen molar-refractivity contribution < 1.29 is 14.3 Å². The summed E-state index contributed by atoms with van der Waals surface area (Å²) in [6, 6.07) is 8.26. The van der Waals surface area contributed by atoms with Gasteiger partial charge < -0.3 is 19.7 Å². The minimum atomic E-state index is -0.0580. The van der Waals surface area contributed by atoms with E-state index in [4.69, 9.17) is 14.5 Å². The van der Waals surface area contributed by atoms with Crippen LogP contribution in [0.5, 0.6) is 5.75 Å². The second-order valence-electron chi connectivity index (χ2n) is 7.21. The second kappa shape index (κ2) is 11.6. The van der Waals surface area contributed by atoms with Crippen molar-refractivity contribution in [3.63, 3.8) is 0 Å². The summed E-state index contributed by atoms with van der Waals surface area (Å²) in [5, 5.41) is 3.39. The molecule has 156 valence electrons. The Hall–Kier alpha value is -2.24. The van der Waals surface area contributed by atoms with Crippen molar-refractivity contribution in [2.75, 3.05) is 39.9 Å². The van der Waals surface area contributed by atoms with Crippen LogP contribution < -0.4 is 10.1 Å². The van der Waals surface area contributed by atoms with Gasteiger partial charge in [0.25, 0.3) is 0 Å². The topological polar surface area (TPSA) is 63.2 Å². The van der Waals surface area contributed by atoms with Crippen molar-refractivity contribution in [2.24, 2.45) is 10.9 Å². The minimum absolute atomic E-state index is 0.0224. The number of nitrogens with zero attached hydrogens (tertiary/aromatic N) is 2. The SMILES string of the molecule is CCNC(=NCCC(C)c1ccc(OC)cc1)N1CCC(C(=O)OCC)CC1. The van der Waals surface area contributed by atoms with Gasteiger partial charge >= 0.3 is 5.97 Å². The van der Waals surface area contributed by atoms with Crippen LogP contribution in [-0.4, -0.2) is 56.7 Å². The highest BCUT2D eigenvalue weighted by Crippen LogP contribution is 2.22. The van der Waals surface area contributed by atoms with Gasteiger partial charge in [-0.2, -0.15) is 0 Å². The smallest absolute Gasteiger partial charge is 0.309 e. The van der Waals surface area contributed by atoms with Gasteiger partial charge in [0.2, 0.25) is 0 Å². The molecule has 1 heterocycles. The molecule has 0 radical (unpaired) electrons. The van der Waals surface area contributed by atoms with Crippen molar-refractivity contribution in [1.29, 1.82) is 0 Å². The Balaban J connectivity index is 1.87. The molecule has 0 aliphatic carbocycles. The molecule has 0 saturated carbocycles. The number of hydrogen-bond donors (Lipinski definition) is 1. The Kier molecular flexibility index (Phi) is 9.11. The first-order valence-corrected chi connectivity index (χ1v) is 10.4. The molecule has 1 aromatic rings. The summed E-state index contributed by atoms with van der Waals surface area (Å²) in [7, 11) is 1.69. The molecule has 2 rings (SSSR count). The summed E-state index contributed by atoms with van der Waals surface area (Å²) in [6.45, 7) is 9.91. The van der Waals surface area contributed by atoms with Gasteiger partial charge in [-0.1, -0.05) is 19.1 Å². The molecule has 1 N–H and O–H groups in total. The van der Waals surface area contributed by atoms with Gasteiger partial charge in [-0.15, -0.1) is 0 Å². The molecule has 28 heavy (non-hydrogen) atoms. The fourth-order valence-corrected chi connectivity index (χ4v) is 3.48. The van der Waals surface area contributed by atoms with E-state index in [1.54, 1.807) is 7.11 Å². The van der Waals surface area contributed by atoms with Crippen LogP contribution in [0.4, 0.5) is 0 Å². The Morgan fingerprint density at radius 1 is 1.25 bits per heavy atom. The third-order valence-electron chi connectivity index (χ3n) is 5.26. The Bertz CT molecular complexity index is 622. The first-order valence-electron chi connectivity index (χ1n) is 10.4. The lowest BCUT2D eigenvalue weighted by Crippen LogP contribution is -2.46. The van der Waals surface area contributed by atoms with E-state index in [1.807, 2.05) is 19.1 Å². The fraction of sp³-hybridized carbons (Fsp3) is 0.636. The van der Waals surface area contributed by atoms with Crippen LogP contribution in [0.25, 0.3) is 0 Å². The van der Waals surface area contributed by atoms with Crippen LogP contribution in [0.2, 0.25) is 0 Å². The zero-order chi connectivity index (χ0) is 20.4. The number of methoxy groups -OCH3 is 1. The Labute approximate surface area is 169 Å². The van der Waals surface area contributed by atoms with Gasteiger partial charge in [0, 0.05) is 26.2 Å². The highest BCUT2D eigenvalue weighted by atomic mass is 16.5. The number of carbonyl (C=O) groups is 1. The average Bonchev–Trinajstić information content (AvgIpc) is 2.73. The lowest BCUT2D eigenvalue weighted by atomic mass is 9.97. The molecule has 0 amide bonds. The highest BCUT2D eigenvalue weighted by molar-refractivity contribution is 5.80. The van der Waals surface area contributed by atoms with Gasteiger partial charge in [-0.3, -0.25) is 9.79 Å². The summed E-state index contributed by atoms with van der Waals surface area (Å²) in [4.78, 5) is 19.0. The van der Waals surface area contributed by atoms with Crippen molar-refractivity contribution >= 4 is 11.9 Å². The number of hydrogen-bond acceptors (Lipinski definition) is 4. The first-order chi connectivity index (χ1) is 13.6. The number of likely N-dealkylation sites (tertiary alicyclic amines) is 1. The molecule has 6 nitrogen and oxygen atoms in total. The molecular formula is C22H35N3O3. The molecule has 1 saturated heterocycles. The molecule has 1 aromatic carbocycles. The predicted octanol–water partition coefficient (Wildman–Crippen LogP) is 3.43. The number of piperidine rings is 1. The molecule has 0 bridgehead atoms. The third-order valence-corrected chi connectivity index (χ3v) is 5.26. The first kappa shape index (κ1) is 22.1. The van der Waals surface area contributed by atoms with Crippen molar-refractivity contribution in [3.8, 4) is 5.75 Å². The van der Waals surface area contributed by atoms with Crippen LogP contribution >= 0.6 is 0 Å². The second-order valence-corrected chi connectivity index (χ2v) is 7.21. The van der Waals surface area contributed by atoms with Gasteiger partial charge in [-0.05, 0) is 56.7 Å². The van der Waals surface area contributed by atoms with E-state index in [1.165, 1.54) is 5.56 Å². The number of nitrogens with one attached hydrogen (secondary N) is 1. The van der Waals surface area contributed by atoms with E-state index in [-0.39, 0.29) is 11.9 Å². The average molecular weight is 390 g/mol. The van der Waals surface area contributed by atoms with E-state index in [0.717, 1.165) is 57.2 Å². The third kappa shape index (κ3) is 6.43. The standard InChI is InChI=1S/C22H35N3O3/c1-5-23-22(25-15-12-19(13-16-25)21(26)28-6-2)24-14-11-17(3)18-7-9-20(27-4)10-8-18/h7-10,17,19H,5-6,11-16H2,1-4H3,(H,23,24). The zero-order valence-corrected chi connectivity index (χ0v) is 17.7. The fourth-order valence-electron chi connectivity index (χ4n) is 3.48. The molecule has 1 atom stereocenters. The van der Waals surface area contributed by atoms with Crippen LogP contribution in [0.3, 0.4) is 0 Å². The van der Waals surface area contributed by atoms with Crippen molar-refractivity contribution in [1.82, 2.24) is 10.2 Å². The Morgan fingerprint density at radius 2 is 1.93 bits per heavy atom. The Morgan fingerprint density at radius 3 is 2.50 bits per heavy atom. The molecule has 0 spiro atoms. The van der Waals surface area contributed by atoms with Crippen LogP contribution in [0, 0.1) is 5.92 Å². The summed E-state index contributed by atoms with van der Waals surface area (Å²) in [5.74, 6) is 2.24. The van der Waals surface area contributed by atoms with Crippen LogP contribution in [0.15, 0.2) is 29.3 Å². The monoisotopic (exact) mass is 389 g/mol. The van der Waals surface area contributed by atoms with E-state index < -0.39 is 0 Å². The summed E-state index contributed by atoms with van der Waals surface area (Å²) >= 11 is 0. The molecule has 1 unspecified atom stereocenters. The number of carbonyl (C=O) groups excluding carboxylic acids is 1. The predicted molar refractivity (Wildman–Crippen MR) is 113 cm³/mol. The number of ether oxygens (including phenoxy) is 2. The minimum Gasteiger partial charge on any atom is -0.497 e. The maximum Gasteiger partial charge on any atom is 0.309 e.